The summed E-state index contributed by atoms with van der Waals surface area (Å²) in [5.74, 6) is 5.65. The van der Waals surface area contributed by atoms with Crippen molar-refractivity contribution in [2.75, 3.05) is 24.6 Å². The number of rotatable bonds is 5. The second-order valence-corrected chi connectivity index (χ2v) is 8.00. The van der Waals surface area contributed by atoms with Crippen LogP contribution in [0.5, 0.6) is 0 Å². The summed E-state index contributed by atoms with van der Waals surface area (Å²) in [6.45, 7) is 5.94. The van der Waals surface area contributed by atoms with Gasteiger partial charge in [-0.15, -0.1) is 0 Å². The third-order valence-electron chi connectivity index (χ3n) is 5.99. The third-order valence-corrected chi connectivity index (χ3v) is 5.99. The van der Waals surface area contributed by atoms with Crippen molar-refractivity contribution in [2.45, 2.75) is 70.9 Å². The van der Waals surface area contributed by atoms with Crippen LogP contribution in [0.4, 0.5) is 10.1 Å². The van der Waals surface area contributed by atoms with E-state index in [4.69, 9.17) is 4.84 Å². The standard InChI is InChI=1S/C24H32FN3O2/c1-3-4-5-18-30-26-21-8-12-22(13-9-21)27-16-14-24(15-17-27)28(19(2)29)23-10-6-20(25)7-11-23/h6-7,10-11,22,24H,3,8-9,12-18H2,1-2H3. The number of likely N-dealkylation sites (tertiary alicyclic amines) is 1. The van der Waals surface area contributed by atoms with Crippen molar-refractivity contribution < 1.29 is 14.0 Å². The van der Waals surface area contributed by atoms with Gasteiger partial charge in [-0.2, -0.15) is 0 Å². The number of piperidine rings is 1. The van der Waals surface area contributed by atoms with E-state index < -0.39 is 0 Å². The van der Waals surface area contributed by atoms with Crippen LogP contribution < -0.4 is 4.90 Å². The van der Waals surface area contributed by atoms with Gasteiger partial charge in [0.05, 0.1) is 5.71 Å². The molecular weight excluding hydrogens is 381 g/mol. The molecule has 1 aromatic rings. The average Bonchev–Trinajstić information content (AvgIpc) is 2.76. The summed E-state index contributed by atoms with van der Waals surface area (Å²) in [7, 11) is 0. The SMILES string of the molecule is CCC#CCON=C1CCC(N2CCC(N(C(C)=O)c3ccc(F)cc3)CC2)CC1. The lowest BCUT2D eigenvalue weighted by molar-refractivity contribution is -0.117. The Hall–Kier alpha value is -2.39. The molecule has 0 spiro atoms. The summed E-state index contributed by atoms with van der Waals surface area (Å²) in [4.78, 5) is 22.0. The number of carbonyl (C=O) groups is 1. The van der Waals surface area contributed by atoms with Crippen LogP contribution >= 0.6 is 0 Å². The molecule has 2 fully saturated rings. The van der Waals surface area contributed by atoms with Crippen LogP contribution in [0.25, 0.3) is 0 Å². The van der Waals surface area contributed by atoms with Crippen LogP contribution in [-0.2, 0) is 9.63 Å². The Morgan fingerprint density at radius 2 is 1.83 bits per heavy atom. The Bertz CT molecular complexity index is 779. The van der Waals surface area contributed by atoms with E-state index in [0.29, 0.717) is 12.6 Å². The lowest BCUT2D eigenvalue weighted by Crippen LogP contribution is -2.50. The third kappa shape index (κ3) is 6.06. The van der Waals surface area contributed by atoms with E-state index in [1.807, 2.05) is 11.8 Å². The molecule has 5 nitrogen and oxygen atoms in total. The monoisotopic (exact) mass is 413 g/mol. The minimum atomic E-state index is -0.281. The first-order chi connectivity index (χ1) is 14.6. The number of carbonyl (C=O) groups excluding carboxylic acids is 1. The van der Waals surface area contributed by atoms with Gasteiger partial charge >= 0.3 is 0 Å². The smallest absolute Gasteiger partial charge is 0.224 e. The van der Waals surface area contributed by atoms with Crippen LogP contribution in [0.15, 0.2) is 29.4 Å². The van der Waals surface area contributed by atoms with Gasteiger partial charge in [-0.25, -0.2) is 4.39 Å². The van der Waals surface area contributed by atoms with Crippen LogP contribution in [0, 0.1) is 17.7 Å². The van der Waals surface area contributed by atoms with E-state index in [1.54, 1.807) is 19.1 Å². The fourth-order valence-electron chi connectivity index (χ4n) is 4.48. The lowest BCUT2D eigenvalue weighted by Gasteiger charge is -2.42. The highest BCUT2D eigenvalue weighted by atomic mass is 19.1. The summed E-state index contributed by atoms with van der Waals surface area (Å²) in [5.41, 5.74) is 1.92. The predicted octanol–water partition coefficient (Wildman–Crippen LogP) is 4.37. The molecule has 0 N–H and O–H groups in total. The summed E-state index contributed by atoms with van der Waals surface area (Å²) in [5, 5.41) is 4.25. The Kier molecular flexibility index (Phi) is 8.27. The number of anilines is 1. The highest BCUT2D eigenvalue weighted by molar-refractivity contribution is 5.92. The molecule has 0 atom stereocenters. The molecule has 1 aliphatic heterocycles. The second-order valence-electron chi connectivity index (χ2n) is 8.00. The van der Waals surface area contributed by atoms with E-state index in [1.165, 1.54) is 12.1 Å². The Labute approximate surface area is 179 Å². The fourth-order valence-corrected chi connectivity index (χ4v) is 4.48. The molecule has 0 unspecified atom stereocenters. The first kappa shape index (κ1) is 22.3. The molecule has 1 aromatic carbocycles. The van der Waals surface area contributed by atoms with Crippen LogP contribution in [0.1, 0.15) is 58.8 Å². The molecule has 1 amide bonds. The molecule has 2 aliphatic rings. The minimum absolute atomic E-state index is 0.0159. The maximum absolute atomic E-state index is 13.3. The van der Waals surface area contributed by atoms with Gasteiger partial charge in [0, 0.05) is 44.2 Å². The predicted molar refractivity (Wildman–Crippen MR) is 118 cm³/mol. The van der Waals surface area contributed by atoms with Gasteiger partial charge in [0.15, 0.2) is 6.61 Å². The van der Waals surface area contributed by atoms with E-state index in [2.05, 4.69) is 21.9 Å². The van der Waals surface area contributed by atoms with Gasteiger partial charge in [-0.1, -0.05) is 23.9 Å². The molecule has 162 valence electrons. The van der Waals surface area contributed by atoms with E-state index in [9.17, 15) is 9.18 Å². The maximum atomic E-state index is 13.3. The molecule has 3 rings (SSSR count). The van der Waals surface area contributed by atoms with E-state index in [-0.39, 0.29) is 17.8 Å². The number of nitrogens with zero attached hydrogens (tertiary/aromatic N) is 3. The van der Waals surface area contributed by atoms with Crippen molar-refractivity contribution in [1.29, 1.82) is 0 Å². The van der Waals surface area contributed by atoms with Gasteiger partial charge < -0.3 is 14.6 Å². The van der Waals surface area contributed by atoms with E-state index in [0.717, 1.165) is 69.4 Å². The quantitative estimate of drug-likeness (QED) is 0.409. The average molecular weight is 414 g/mol. The van der Waals surface area contributed by atoms with Gasteiger partial charge in [-0.3, -0.25) is 4.79 Å². The molecule has 1 aliphatic carbocycles. The molecular formula is C24H32FN3O2. The molecule has 0 bridgehead atoms. The largest absolute Gasteiger partial charge is 0.383 e. The normalized spacial score (nSPS) is 20.2. The Morgan fingerprint density at radius 1 is 1.17 bits per heavy atom. The minimum Gasteiger partial charge on any atom is -0.383 e. The van der Waals surface area contributed by atoms with Crippen molar-refractivity contribution in [3.8, 4) is 11.8 Å². The summed E-state index contributed by atoms with van der Waals surface area (Å²) < 4.78 is 13.3. The van der Waals surface area contributed by atoms with Crippen LogP contribution in [-0.4, -0.2) is 48.3 Å². The highest BCUT2D eigenvalue weighted by Crippen LogP contribution is 2.28. The number of amides is 1. The van der Waals surface area contributed by atoms with Gasteiger partial charge in [0.25, 0.3) is 0 Å². The van der Waals surface area contributed by atoms with Crippen molar-refractivity contribution in [2.24, 2.45) is 5.16 Å². The molecule has 0 radical (unpaired) electrons. The number of hydrogen-bond donors (Lipinski definition) is 0. The molecule has 1 saturated carbocycles. The first-order valence-electron chi connectivity index (χ1n) is 11.0. The molecule has 1 saturated heterocycles. The van der Waals surface area contributed by atoms with E-state index >= 15 is 0 Å². The maximum Gasteiger partial charge on any atom is 0.224 e. The molecule has 0 aromatic heterocycles. The summed E-state index contributed by atoms with van der Waals surface area (Å²) >= 11 is 0. The number of hydrogen-bond acceptors (Lipinski definition) is 4. The number of oxime groups is 1. The first-order valence-corrected chi connectivity index (χ1v) is 11.0. The molecule has 30 heavy (non-hydrogen) atoms. The van der Waals surface area contributed by atoms with Crippen molar-refractivity contribution >= 4 is 17.3 Å². The number of benzene rings is 1. The fraction of sp³-hybridized carbons (Fsp3) is 0.583. The lowest BCUT2D eigenvalue weighted by atomic mass is 9.90. The molecule has 6 heteroatoms. The van der Waals surface area contributed by atoms with Gasteiger partial charge in [0.2, 0.25) is 5.91 Å². The van der Waals surface area contributed by atoms with Crippen molar-refractivity contribution in [3.05, 3.63) is 30.1 Å². The summed E-state index contributed by atoms with van der Waals surface area (Å²) in [6.07, 6.45) is 6.86. The number of halogens is 1. The zero-order valence-electron chi connectivity index (χ0n) is 18.1. The highest BCUT2D eigenvalue weighted by Gasteiger charge is 2.31. The zero-order chi connectivity index (χ0) is 21.3. The second kappa shape index (κ2) is 11.1. The van der Waals surface area contributed by atoms with Crippen molar-refractivity contribution in [1.82, 2.24) is 4.90 Å². The van der Waals surface area contributed by atoms with Crippen molar-refractivity contribution in [3.63, 3.8) is 0 Å². The van der Waals surface area contributed by atoms with Crippen LogP contribution in [0.2, 0.25) is 0 Å². The topological polar surface area (TPSA) is 45.1 Å². The summed E-state index contributed by atoms with van der Waals surface area (Å²) in [6, 6.07) is 6.97. The Morgan fingerprint density at radius 3 is 2.43 bits per heavy atom. The zero-order valence-corrected chi connectivity index (χ0v) is 18.1. The van der Waals surface area contributed by atoms with Gasteiger partial charge in [0.1, 0.15) is 5.82 Å². The van der Waals surface area contributed by atoms with Crippen LogP contribution in [0.3, 0.4) is 0 Å². The Balaban J connectivity index is 1.48. The molecule has 1 heterocycles. The van der Waals surface area contributed by atoms with Gasteiger partial charge in [-0.05, 0) is 62.8 Å².